The smallest absolute Gasteiger partial charge is 0.137 e. The SMILES string of the molecule is COc1cncc(C(NN)c2cc(Br)ccc2Cl)c1. The summed E-state index contributed by atoms with van der Waals surface area (Å²) in [4.78, 5) is 4.13. The normalized spacial score (nSPS) is 12.2. The Kier molecular flexibility index (Phi) is 4.76. The first-order chi connectivity index (χ1) is 9.15. The highest BCUT2D eigenvalue weighted by atomic mass is 79.9. The molecular formula is C13H13BrClN3O. The highest BCUT2D eigenvalue weighted by Crippen LogP contribution is 2.31. The van der Waals surface area contributed by atoms with E-state index in [0.717, 1.165) is 15.6 Å². The maximum absolute atomic E-state index is 6.23. The van der Waals surface area contributed by atoms with Crippen molar-refractivity contribution in [2.75, 3.05) is 7.11 Å². The van der Waals surface area contributed by atoms with Crippen LogP contribution in [0.2, 0.25) is 5.02 Å². The number of nitrogens with two attached hydrogens (primary N) is 1. The van der Waals surface area contributed by atoms with Crippen molar-refractivity contribution in [2.45, 2.75) is 6.04 Å². The monoisotopic (exact) mass is 341 g/mol. The lowest BCUT2D eigenvalue weighted by molar-refractivity contribution is 0.411. The summed E-state index contributed by atoms with van der Waals surface area (Å²) in [5.74, 6) is 6.33. The van der Waals surface area contributed by atoms with Gasteiger partial charge in [-0.1, -0.05) is 27.5 Å². The molecule has 0 aliphatic rings. The van der Waals surface area contributed by atoms with E-state index in [2.05, 4.69) is 26.3 Å². The van der Waals surface area contributed by atoms with E-state index in [1.54, 1.807) is 19.5 Å². The van der Waals surface area contributed by atoms with Crippen LogP contribution in [-0.2, 0) is 0 Å². The molecule has 6 heteroatoms. The number of halogens is 2. The second-order valence-corrected chi connectivity index (χ2v) is 5.25. The van der Waals surface area contributed by atoms with E-state index in [0.29, 0.717) is 10.8 Å². The average molecular weight is 343 g/mol. The van der Waals surface area contributed by atoms with Crippen LogP contribution in [0.5, 0.6) is 5.75 Å². The number of rotatable bonds is 4. The van der Waals surface area contributed by atoms with Crippen molar-refractivity contribution in [3.05, 3.63) is 57.3 Å². The molecule has 2 aromatic rings. The molecule has 0 amide bonds. The number of hydrogen-bond acceptors (Lipinski definition) is 4. The van der Waals surface area contributed by atoms with Gasteiger partial charge in [-0.15, -0.1) is 0 Å². The minimum Gasteiger partial charge on any atom is -0.495 e. The van der Waals surface area contributed by atoms with Gasteiger partial charge in [0, 0.05) is 15.7 Å². The van der Waals surface area contributed by atoms with Gasteiger partial charge < -0.3 is 4.74 Å². The molecular weight excluding hydrogens is 330 g/mol. The molecule has 100 valence electrons. The zero-order valence-electron chi connectivity index (χ0n) is 10.2. The summed E-state index contributed by atoms with van der Waals surface area (Å²) in [6, 6.07) is 7.23. The minimum atomic E-state index is -0.257. The van der Waals surface area contributed by atoms with Gasteiger partial charge in [-0.05, 0) is 35.4 Å². The number of pyridine rings is 1. The maximum atomic E-state index is 6.23. The molecule has 0 spiro atoms. The van der Waals surface area contributed by atoms with Crippen molar-refractivity contribution in [1.82, 2.24) is 10.4 Å². The topological polar surface area (TPSA) is 60.2 Å². The van der Waals surface area contributed by atoms with Gasteiger partial charge in [0.1, 0.15) is 5.75 Å². The van der Waals surface area contributed by atoms with Gasteiger partial charge in [0.2, 0.25) is 0 Å². The molecule has 1 heterocycles. The molecule has 1 unspecified atom stereocenters. The van der Waals surface area contributed by atoms with Crippen molar-refractivity contribution in [3.63, 3.8) is 0 Å². The van der Waals surface area contributed by atoms with Crippen LogP contribution in [0.15, 0.2) is 41.1 Å². The van der Waals surface area contributed by atoms with E-state index < -0.39 is 0 Å². The number of benzene rings is 1. The number of aromatic nitrogens is 1. The second-order valence-electron chi connectivity index (χ2n) is 3.92. The first kappa shape index (κ1) is 14.3. The molecule has 0 saturated carbocycles. The molecule has 0 aliphatic heterocycles. The molecule has 2 rings (SSSR count). The fourth-order valence-corrected chi connectivity index (χ4v) is 2.41. The average Bonchev–Trinajstić information content (AvgIpc) is 2.44. The molecule has 1 aromatic heterocycles. The predicted molar refractivity (Wildman–Crippen MR) is 79.1 cm³/mol. The third-order valence-electron chi connectivity index (χ3n) is 2.74. The van der Waals surface area contributed by atoms with Gasteiger partial charge in [-0.3, -0.25) is 10.8 Å². The number of ether oxygens (including phenoxy) is 1. The first-order valence-corrected chi connectivity index (χ1v) is 6.73. The third kappa shape index (κ3) is 3.25. The van der Waals surface area contributed by atoms with Crippen molar-refractivity contribution in [2.24, 2.45) is 5.84 Å². The number of nitrogens with one attached hydrogen (secondary N) is 1. The highest BCUT2D eigenvalue weighted by Gasteiger charge is 2.17. The molecule has 19 heavy (non-hydrogen) atoms. The summed E-state index contributed by atoms with van der Waals surface area (Å²) in [5.41, 5.74) is 4.50. The molecule has 0 bridgehead atoms. The summed E-state index contributed by atoms with van der Waals surface area (Å²) in [6.07, 6.45) is 3.36. The molecule has 0 aliphatic carbocycles. The first-order valence-electron chi connectivity index (χ1n) is 5.55. The van der Waals surface area contributed by atoms with Crippen LogP contribution >= 0.6 is 27.5 Å². The zero-order valence-corrected chi connectivity index (χ0v) is 12.6. The molecule has 1 aromatic carbocycles. The molecule has 4 nitrogen and oxygen atoms in total. The Morgan fingerprint density at radius 1 is 1.37 bits per heavy atom. The van der Waals surface area contributed by atoms with Crippen LogP contribution < -0.4 is 16.0 Å². The lowest BCUT2D eigenvalue weighted by Crippen LogP contribution is -2.29. The zero-order chi connectivity index (χ0) is 13.8. The number of hydrogen-bond donors (Lipinski definition) is 2. The quantitative estimate of drug-likeness (QED) is 0.662. The van der Waals surface area contributed by atoms with E-state index in [1.165, 1.54) is 0 Å². The highest BCUT2D eigenvalue weighted by molar-refractivity contribution is 9.10. The van der Waals surface area contributed by atoms with Crippen LogP contribution in [-0.4, -0.2) is 12.1 Å². The Balaban J connectivity index is 2.46. The van der Waals surface area contributed by atoms with Crippen LogP contribution in [0.25, 0.3) is 0 Å². The number of nitrogens with zero attached hydrogens (tertiary/aromatic N) is 1. The van der Waals surface area contributed by atoms with E-state index in [-0.39, 0.29) is 6.04 Å². The summed E-state index contributed by atoms with van der Waals surface area (Å²) in [6.45, 7) is 0. The van der Waals surface area contributed by atoms with Gasteiger partial charge in [0.15, 0.2) is 0 Å². The summed E-state index contributed by atoms with van der Waals surface area (Å²) >= 11 is 9.65. The van der Waals surface area contributed by atoms with E-state index >= 15 is 0 Å². The van der Waals surface area contributed by atoms with Crippen LogP contribution in [0.1, 0.15) is 17.2 Å². The molecule has 0 fully saturated rings. The Bertz CT molecular complexity index is 580. The lowest BCUT2D eigenvalue weighted by atomic mass is 10.0. The Morgan fingerprint density at radius 2 is 2.16 bits per heavy atom. The molecule has 1 atom stereocenters. The lowest BCUT2D eigenvalue weighted by Gasteiger charge is -2.18. The third-order valence-corrected chi connectivity index (χ3v) is 3.58. The minimum absolute atomic E-state index is 0.257. The molecule has 0 radical (unpaired) electrons. The van der Waals surface area contributed by atoms with Crippen molar-refractivity contribution >= 4 is 27.5 Å². The fourth-order valence-electron chi connectivity index (χ4n) is 1.81. The van der Waals surface area contributed by atoms with Gasteiger partial charge in [-0.2, -0.15) is 0 Å². The standard InChI is InChI=1S/C13H13BrClN3O/c1-19-10-4-8(6-17-7-10)13(18-16)11-5-9(14)2-3-12(11)15/h2-7,13,18H,16H2,1H3. The van der Waals surface area contributed by atoms with Crippen molar-refractivity contribution in [3.8, 4) is 5.75 Å². The van der Waals surface area contributed by atoms with Gasteiger partial charge in [-0.25, -0.2) is 5.43 Å². The molecule has 0 saturated heterocycles. The number of hydrazine groups is 1. The Hall–Kier alpha value is -1.14. The molecule has 3 N–H and O–H groups in total. The van der Waals surface area contributed by atoms with E-state index in [4.69, 9.17) is 22.2 Å². The van der Waals surface area contributed by atoms with Gasteiger partial charge in [0.25, 0.3) is 0 Å². The van der Waals surface area contributed by atoms with Gasteiger partial charge >= 0.3 is 0 Å². The predicted octanol–water partition coefficient (Wildman–Crippen LogP) is 3.06. The summed E-state index contributed by atoms with van der Waals surface area (Å²) < 4.78 is 6.10. The van der Waals surface area contributed by atoms with Crippen molar-refractivity contribution < 1.29 is 4.74 Å². The Labute approximate surface area is 125 Å². The van der Waals surface area contributed by atoms with Crippen LogP contribution in [0, 0.1) is 0 Å². The maximum Gasteiger partial charge on any atom is 0.137 e. The van der Waals surface area contributed by atoms with Crippen molar-refractivity contribution in [1.29, 1.82) is 0 Å². The van der Waals surface area contributed by atoms with E-state index in [9.17, 15) is 0 Å². The van der Waals surface area contributed by atoms with Crippen LogP contribution in [0.3, 0.4) is 0 Å². The second kappa shape index (κ2) is 6.34. The number of methoxy groups -OCH3 is 1. The Morgan fingerprint density at radius 3 is 2.84 bits per heavy atom. The fraction of sp³-hybridized carbons (Fsp3) is 0.154. The van der Waals surface area contributed by atoms with Gasteiger partial charge in [0.05, 0.1) is 19.3 Å². The summed E-state index contributed by atoms with van der Waals surface area (Å²) in [7, 11) is 1.59. The van der Waals surface area contributed by atoms with Crippen LogP contribution in [0.4, 0.5) is 0 Å². The van der Waals surface area contributed by atoms with E-state index in [1.807, 2.05) is 24.3 Å². The largest absolute Gasteiger partial charge is 0.495 e. The summed E-state index contributed by atoms with van der Waals surface area (Å²) in [5, 5.41) is 0.633.